The zero-order valence-corrected chi connectivity index (χ0v) is 18.9. The van der Waals surface area contributed by atoms with Gasteiger partial charge in [-0.2, -0.15) is 0 Å². The van der Waals surface area contributed by atoms with Crippen LogP contribution in [0.2, 0.25) is 10.0 Å². The summed E-state index contributed by atoms with van der Waals surface area (Å²) in [6.07, 6.45) is 0.199. The number of benzene rings is 2. The van der Waals surface area contributed by atoms with Gasteiger partial charge in [0.15, 0.2) is 0 Å². The van der Waals surface area contributed by atoms with Crippen molar-refractivity contribution in [2.75, 3.05) is 17.7 Å². The van der Waals surface area contributed by atoms with Gasteiger partial charge in [0.1, 0.15) is 11.3 Å². The summed E-state index contributed by atoms with van der Waals surface area (Å²) in [6, 6.07) is 7.78. The smallest absolute Gasteiger partial charge is 0.250 e. The van der Waals surface area contributed by atoms with Crippen LogP contribution in [0.5, 0.6) is 5.75 Å². The molecule has 1 spiro atoms. The normalized spacial score (nSPS) is 23.7. The lowest BCUT2D eigenvalue weighted by Crippen LogP contribution is -2.52. The Kier molecular flexibility index (Phi) is 5.79. The van der Waals surface area contributed by atoms with Crippen LogP contribution in [0.3, 0.4) is 0 Å². The Morgan fingerprint density at radius 2 is 2.00 bits per heavy atom. The Morgan fingerprint density at radius 1 is 1.25 bits per heavy atom. The number of nitrogens with one attached hydrogen (secondary N) is 3. The second-order valence-corrected chi connectivity index (χ2v) is 8.91. The molecule has 2 aliphatic rings. The Hall–Kier alpha value is -2.81. The maximum absolute atomic E-state index is 13.5. The molecular formula is C22H22Cl2N4O4. The number of hydrogen-bond donors (Lipinski definition) is 4. The highest BCUT2D eigenvalue weighted by molar-refractivity contribution is 6.31. The number of fused-ring (bicyclic) bond motifs is 2. The molecule has 3 atom stereocenters. The number of rotatable bonds is 5. The third kappa shape index (κ3) is 3.68. The molecule has 32 heavy (non-hydrogen) atoms. The van der Waals surface area contributed by atoms with Crippen LogP contribution in [-0.4, -0.2) is 30.9 Å². The summed E-state index contributed by atoms with van der Waals surface area (Å²) < 4.78 is 5.32. The van der Waals surface area contributed by atoms with Crippen LogP contribution < -0.4 is 26.4 Å². The van der Waals surface area contributed by atoms with Crippen molar-refractivity contribution in [3.05, 3.63) is 51.5 Å². The number of nitrogens with two attached hydrogens (primary N) is 1. The summed E-state index contributed by atoms with van der Waals surface area (Å²) in [5.74, 6) is -1.77. The van der Waals surface area contributed by atoms with Crippen molar-refractivity contribution in [3.8, 4) is 5.75 Å². The topological polar surface area (TPSA) is 123 Å². The lowest BCUT2D eigenvalue weighted by Gasteiger charge is -2.29. The van der Waals surface area contributed by atoms with Gasteiger partial charge in [0, 0.05) is 33.8 Å². The van der Waals surface area contributed by atoms with E-state index in [0.717, 1.165) is 5.56 Å². The molecule has 0 aromatic heterocycles. The number of halogens is 2. The van der Waals surface area contributed by atoms with E-state index < -0.39 is 29.3 Å². The van der Waals surface area contributed by atoms with Gasteiger partial charge < -0.3 is 21.1 Å². The van der Waals surface area contributed by atoms with Gasteiger partial charge >= 0.3 is 0 Å². The maximum atomic E-state index is 13.5. The zero-order valence-electron chi connectivity index (χ0n) is 17.4. The highest BCUT2D eigenvalue weighted by Crippen LogP contribution is 2.49. The van der Waals surface area contributed by atoms with Crippen molar-refractivity contribution >= 4 is 52.3 Å². The summed E-state index contributed by atoms with van der Waals surface area (Å²) in [4.78, 5) is 38.5. The standard InChI is InChI=1S/C22H22Cl2N4O4/c1-10-5-12(24)6-14-19(10)27-21(31)22(14)15(8-13(28-22)9-18(25)29)20(30)26-16-7-11(23)3-4-17(16)32-2/h3-7,13,15,28H,8-9H2,1-2H3,(H2,25,29)(H,26,30)(H,27,31). The predicted molar refractivity (Wildman–Crippen MR) is 122 cm³/mol. The third-order valence-corrected chi connectivity index (χ3v) is 6.43. The predicted octanol–water partition coefficient (Wildman–Crippen LogP) is 2.95. The van der Waals surface area contributed by atoms with Crippen LogP contribution >= 0.6 is 23.2 Å². The van der Waals surface area contributed by atoms with Gasteiger partial charge in [-0.3, -0.25) is 19.7 Å². The fraction of sp³-hybridized carbons (Fsp3) is 0.318. The molecule has 0 bridgehead atoms. The number of primary amides is 1. The summed E-state index contributed by atoms with van der Waals surface area (Å²) in [5.41, 5.74) is 6.32. The highest BCUT2D eigenvalue weighted by Gasteiger charge is 2.60. The molecule has 4 rings (SSSR count). The summed E-state index contributed by atoms with van der Waals surface area (Å²) in [7, 11) is 1.48. The summed E-state index contributed by atoms with van der Waals surface area (Å²) in [6.45, 7) is 1.83. The Balaban J connectivity index is 1.78. The second kappa shape index (κ2) is 8.27. The van der Waals surface area contributed by atoms with Crippen molar-refractivity contribution in [1.82, 2.24) is 5.32 Å². The molecule has 0 saturated carbocycles. The third-order valence-electron chi connectivity index (χ3n) is 5.98. The van der Waals surface area contributed by atoms with Crippen molar-refractivity contribution in [1.29, 1.82) is 0 Å². The van der Waals surface area contributed by atoms with E-state index in [1.807, 2.05) is 6.92 Å². The van der Waals surface area contributed by atoms with E-state index in [4.69, 9.17) is 33.7 Å². The van der Waals surface area contributed by atoms with Crippen molar-refractivity contribution < 1.29 is 19.1 Å². The van der Waals surface area contributed by atoms with Crippen molar-refractivity contribution in [2.45, 2.75) is 31.3 Å². The first-order chi connectivity index (χ1) is 15.1. The van der Waals surface area contributed by atoms with Crippen LogP contribution in [0.25, 0.3) is 0 Å². The molecule has 168 valence electrons. The van der Waals surface area contributed by atoms with Crippen molar-refractivity contribution in [2.24, 2.45) is 11.7 Å². The molecule has 3 amide bonds. The monoisotopic (exact) mass is 476 g/mol. The van der Waals surface area contributed by atoms with Gasteiger partial charge in [-0.25, -0.2) is 0 Å². The maximum Gasteiger partial charge on any atom is 0.250 e. The van der Waals surface area contributed by atoms with E-state index in [9.17, 15) is 14.4 Å². The molecule has 10 heteroatoms. The highest BCUT2D eigenvalue weighted by atomic mass is 35.5. The summed E-state index contributed by atoms with van der Waals surface area (Å²) in [5, 5.41) is 9.79. The molecule has 0 radical (unpaired) electrons. The van der Waals surface area contributed by atoms with E-state index >= 15 is 0 Å². The van der Waals surface area contributed by atoms with Gasteiger partial charge in [0.2, 0.25) is 17.7 Å². The van der Waals surface area contributed by atoms with Crippen LogP contribution in [-0.2, 0) is 19.9 Å². The molecule has 1 saturated heterocycles. The average Bonchev–Trinajstić information content (AvgIpc) is 3.21. The minimum absolute atomic E-state index is 0.0197. The minimum atomic E-state index is -1.40. The van der Waals surface area contributed by atoms with E-state index in [1.165, 1.54) is 7.11 Å². The largest absolute Gasteiger partial charge is 0.495 e. The number of amides is 3. The van der Waals surface area contributed by atoms with Gasteiger partial charge in [-0.15, -0.1) is 0 Å². The molecule has 1 fully saturated rings. The average molecular weight is 477 g/mol. The molecule has 8 nitrogen and oxygen atoms in total. The lowest BCUT2D eigenvalue weighted by atomic mass is 9.79. The van der Waals surface area contributed by atoms with Gasteiger partial charge in [0.25, 0.3) is 0 Å². The number of carbonyl (C=O) groups is 3. The SMILES string of the molecule is COc1ccc(Cl)cc1NC(=O)C1CC(CC(N)=O)NC12C(=O)Nc1c(C)cc(Cl)cc12. The number of ether oxygens (including phenoxy) is 1. The molecule has 0 aliphatic carbocycles. The van der Waals surface area contributed by atoms with Crippen LogP contribution in [0.4, 0.5) is 11.4 Å². The molecule has 5 N–H and O–H groups in total. The second-order valence-electron chi connectivity index (χ2n) is 8.04. The number of carbonyl (C=O) groups excluding carboxylic acids is 3. The Morgan fingerprint density at radius 3 is 2.69 bits per heavy atom. The molecule has 2 aromatic rings. The number of aryl methyl sites for hydroxylation is 1. The molecule has 2 aromatic carbocycles. The van der Waals surface area contributed by atoms with Crippen LogP contribution in [0.15, 0.2) is 30.3 Å². The quantitative estimate of drug-likeness (QED) is 0.528. The van der Waals surface area contributed by atoms with E-state index in [2.05, 4.69) is 16.0 Å². The van der Waals surface area contributed by atoms with E-state index in [0.29, 0.717) is 32.7 Å². The molecule has 2 heterocycles. The number of methoxy groups -OCH3 is 1. The number of anilines is 2. The first kappa shape index (κ1) is 22.4. The minimum Gasteiger partial charge on any atom is -0.495 e. The van der Waals surface area contributed by atoms with E-state index in [1.54, 1.807) is 30.3 Å². The first-order valence-electron chi connectivity index (χ1n) is 9.98. The zero-order chi connectivity index (χ0) is 23.2. The van der Waals surface area contributed by atoms with Gasteiger partial charge in [-0.1, -0.05) is 23.2 Å². The first-order valence-corrected chi connectivity index (χ1v) is 10.7. The van der Waals surface area contributed by atoms with E-state index in [-0.39, 0.29) is 18.7 Å². The van der Waals surface area contributed by atoms with Crippen LogP contribution in [0, 0.1) is 12.8 Å². The molecule has 3 unspecified atom stereocenters. The lowest BCUT2D eigenvalue weighted by molar-refractivity contribution is -0.130. The fourth-order valence-corrected chi connectivity index (χ4v) is 5.11. The van der Waals surface area contributed by atoms with Crippen LogP contribution in [0.1, 0.15) is 24.0 Å². The molecular weight excluding hydrogens is 455 g/mol. The van der Waals surface area contributed by atoms with Crippen molar-refractivity contribution in [3.63, 3.8) is 0 Å². The molecule has 2 aliphatic heterocycles. The Bertz CT molecular complexity index is 1140. The Labute approximate surface area is 194 Å². The number of hydrogen-bond acceptors (Lipinski definition) is 5. The van der Waals surface area contributed by atoms with Gasteiger partial charge in [0.05, 0.1) is 18.7 Å². The fourth-order valence-electron chi connectivity index (χ4n) is 4.67. The van der Waals surface area contributed by atoms with Gasteiger partial charge in [-0.05, 0) is 49.2 Å². The summed E-state index contributed by atoms with van der Waals surface area (Å²) >= 11 is 12.4.